The molecule has 3 heteroatoms. The van der Waals surface area contributed by atoms with E-state index in [1.54, 1.807) is 0 Å². The fourth-order valence-electron chi connectivity index (χ4n) is 3.13. The lowest BCUT2D eigenvalue weighted by Crippen LogP contribution is -2.33. The predicted molar refractivity (Wildman–Crippen MR) is 99.5 cm³/mol. The molecule has 1 saturated heterocycles. The first-order chi connectivity index (χ1) is 11.4. The number of hydrogen-bond donors (Lipinski definition) is 1. The summed E-state index contributed by atoms with van der Waals surface area (Å²) in [6, 6.07) is 8.39. The molecule has 1 N–H and O–H groups in total. The molecule has 2 rings (SSSR count). The predicted octanol–water partition coefficient (Wildman–Crippen LogP) is 4.93. The molecule has 1 aromatic rings. The number of anilines is 1. The second-order valence-corrected chi connectivity index (χ2v) is 6.62. The molecule has 0 spiro atoms. The monoisotopic (exact) mass is 318 g/mol. The van der Waals surface area contributed by atoms with Crippen molar-refractivity contribution in [1.29, 1.82) is 0 Å². The van der Waals surface area contributed by atoms with Crippen molar-refractivity contribution in [3.63, 3.8) is 0 Å². The summed E-state index contributed by atoms with van der Waals surface area (Å²) in [5, 5.41) is 3.53. The van der Waals surface area contributed by atoms with E-state index in [1.165, 1.54) is 63.7 Å². The second kappa shape index (κ2) is 11.3. The second-order valence-electron chi connectivity index (χ2n) is 6.62. The summed E-state index contributed by atoms with van der Waals surface area (Å²) >= 11 is 0. The van der Waals surface area contributed by atoms with Crippen LogP contribution in [0.25, 0.3) is 0 Å². The minimum atomic E-state index is 0.834. The third-order valence-corrected chi connectivity index (χ3v) is 4.56. The minimum Gasteiger partial charge on any atom is -0.494 e. The van der Waals surface area contributed by atoms with E-state index in [-0.39, 0.29) is 0 Å². The fraction of sp³-hybridized carbons (Fsp3) is 0.700. The molecular weight excluding hydrogens is 284 g/mol. The van der Waals surface area contributed by atoms with E-state index >= 15 is 0 Å². The maximum Gasteiger partial charge on any atom is 0.121 e. The summed E-state index contributed by atoms with van der Waals surface area (Å²) in [6.07, 6.45) is 10.5. The summed E-state index contributed by atoms with van der Waals surface area (Å²) in [6.45, 7) is 7.77. The van der Waals surface area contributed by atoms with Crippen LogP contribution < -0.4 is 10.1 Å². The van der Waals surface area contributed by atoms with Crippen LogP contribution in [-0.2, 0) is 0 Å². The Labute approximate surface area is 142 Å². The van der Waals surface area contributed by atoms with Gasteiger partial charge >= 0.3 is 0 Å². The van der Waals surface area contributed by atoms with Crippen LogP contribution in [0.15, 0.2) is 24.3 Å². The minimum absolute atomic E-state index is 0.834. The molecule has 130 valence electrons. The standard InChI is InChI=1S/C20H34N2O/c1-2-3-4-5-9-17-23-20-12-10-11-19(18-20)21-13-16-22-14-7-6-8-15-22/h10-12,18,21H,2-9,13-17H2,1H3. The van der Waals surface area contributed by atoms with Crippen LogP contribution in [0.3, 0.4) is 0 Å². The highest BCUT2D eigenvalue weighted by molar-refractivity contribution is 5.48. The molecule has 1 heterocycles. The maximum absolute atomic E-state index is 5.87. The van der Waals surface area contributed by atoms with Gasteiger partial charge in [-0.3, -0.25) is 0 Å². The highest BCUT2D eigenvalue weighted by atomic mass is 16.5. The number of piperidine rings is 1. The summed E-state index contributed by atoms with van der Waals surface area (Å²) in [4.78, 5) is 2.56. The molecule has 0 amide bonds. The average Bonchev–Trinajstić information content (AvgIpc) is 2.59. The Morgan fingerprint density at radius 3 is 2.70 bits per heavy atom. The summed E-state index contributed by atoms with van der Waals surface area (Å²) in [5.74, 6) is 0.989. The Morgan fingerprint density at radius 2 is 1.87 bits per heavy atom. The van der Waals surface area contributed by atoms with Crippen molar-refractivity contribution in [2.24, 2.45) is 0 Å². The van der Waals surface area contributed by atoms with E-state index in [2.05, 4.69) is 41.4 Å². The van der Waals surface area contributed by atoms with Crippen LogP contribution in [0.4, 0.5) is 5.69 Å². The van der Waals surface area contributed by atoms with Crippen molar-refractivity contribution >= 4 is 5.69 Å². The van der Waals surface area contributed by atoms with Crippen molar-refractivity contribution in [2.75, 3.05) is 38.1 Å². The van der Waals surface area contributed by atoms with Gasteiger partial charge in [0.05, 0.1) is 6.61 Å². The molecule has 0 radical (unpaired) electrons. The lowest BCUT2D eigenvalue weighted by Gasteiger charge is -2.26. The van der Waals surface area contributed by atoms with Gasteiger partial charge in [0.2, 0.25) is 0 Å². The zero-order valence-electron chi connectivity index (χ0n) is 14.9. The zero-order chi connectivity index (χ0) is 16.2. The van der Waals surface area contributed by atoms with Crippen LogP contribution in [0, 0.1) is 0 Å². The molecule has 0 aromatic heterocycles. The summed E-state index contributed by atoms with van der Waals surface area (Å²) in [5.41, 5.74) is 1.17. The van der Waals surface area contributed by atoms with Gasteiger partial charge in [0.25, 0.3) is 0 Å². The highest BCUT2D eigenvalue weighted by Crippen LogP contribution is 2.18. The molecule has 3 nitrogen and oxygen atoms in total. The third-order valence-electron chi connectivity index (χ3n) is 4.56. The van der Waals surface area contributed by atoms with Crippen molar-refractivity contribution in [3.8, 4) is 5.75 Å². The Hall–Kier alpha value is -1.22. The van der Waals surface area contributed by atoms with Crippen LogP contribution in [0.5, 0.6) is 5.75 Å². The summed E-state index contributed by atoms with van der Waals surface area (Å²) < 4.78 is 5.87. The molecule has 0 bridgehead atoms. The van der Waals surface area contributed by atoms with Crippen LogP contribution in [0.1, 0.15) is 58.3 Å². The average molecular weight is 319 g/mol. The molecule has 1 aliphatic rings. The van der Waals surface area contributed by atoms with Crippen molar-refractivity contribution in [3.05, 3.63) is 24.3 Å². The van der Waals surface area contributed by atoms with Crippen molar-refractivity contribution in [2.45, 2.75) is 58.3 Å². The Balaban J connectivity index is 1.61. The fourth-order valence-corrected chi connectivity index (χ4v) is 3.13. The number of ether oxygens (including phenoxy) is 1. The quantitative estimate of drug-likeness (QED) is 0.585. The molecule has 0 unspecified atom stereocenters. The number of nitrogens with zero attached hydrogens (tertiary/aromatic N) is 1. The molecular formula is C20H34N2O. The normalized spacial score (nSPS) is 15.5. The van der Waals surface area contributed by atoms with Gasteiger partial charge in [0, 0.05) is 24.8 Å². The SMILES string of the molecule is CCCCCCCOc1cccc(NCCN2CCCCC2)c1. The molecule has 0 aliphatic carbocycles. The van der Waals surface area contributed by atoms with E-state index in [0.717, 1.165) is 31.9 Å². The molecule has 0 atom stereocenters. The first kappa shape index (κ1) is 18.1. The van der Waals surface area contributed by atoms with Gasteiger partial charge in [-0.15, -0.1) is 0 Å². The zero-order valence-corrected chi connectivity index (χ0v) is 14.9. The topological polar surface area (TPSA) is 24.5 Å². The van der Waals surface area contributed by atoms with E-state index in [9.17, 15) is 0 Å². The molecule has 23 heavy (non-hydrogen) atoms. The lowest BCUT2D eigenvalue weighted by molar-refractivity contribution is 0.237. The highest BCUT2D eigenvalue weighted by Gasteiger charge is 2.08. The van der Waals surface area contributed by atoms with E-state index in [0.29, 0.717) is 0 Å². The Kier molecular flexibility index (Phi) is 8.93. The Morgan fingerprint density at radius 1 is 1.04 bits per heavy atom. The number of rotatable bonds is 11. The summed E-state index contributed by atoms with van der Waals surface area (Å²) in [7, 11) is 0. The van der Waals surface area contributed by atoms with Gasteiger partial charge in [0.1, 0.15) is 5.75 Å². The Bertz CT molecular complexity index is 416. The molecule has 1 fully saturated rings. The van der Waals surface area contributed by atoms with Gasteiger partial charge in [0.15, 0.2) is 0 Å². The van der Waals surface area contributed by atoms with Gasteiger partial charge in [-0.2, -0.15) is 0 Å². The van der Waals surface area contributed by atoms with Gasteiger partial charge < -0.3 is 15.0 Å². The van der Waals surface area contributed by atoms with Crippen LogP contribution in [-0.4, -0.2) is 37.7 Å². The van der Waals surface area contributed by atoms with Gasteiger partial charge in [-0.1, -0.05) is 45.1 Å². The van der Waals surface area contributed by atoms with Gasteiger partial charge in [-0.05, 0) is 44.5 Å². The third kappa shape index (κ3) is 7.74. The van der Waals surface area contributed by atoms with Crippen molar-refractivity contribution in [1.82, 2.24) is 4.90 Å². The molecule has 0 saturated carbocycles. The molecule has 1 aliphatic heterocycles. The smallest absolute Gasteiger partial charge is 0.121 e. The van der Waals surface area contributed by atoms with E-state index < -0.39 is 0 Å². The largest absolute Gasteiger partial charge is 0.494 e. The molecule has 1 aromatic carbocycles. The van der Waals surface area contributed by atoms with Crippen molar-refractivity contribution < 1.29 is 4.74 Å². The number of benzene rings is 1. The maximum atomic E-state index is 5.87. The number of hydrogen-bond acceptors (Lipinski definition) is 3. The van der Waals surface area contributed by atoms with E-state index in [1.807, 2.05) is 0 Å². The van der Waals surface area contributed by atoms with Gasteiger partial charge in [-0.25, -0.2) is 0 Å². The van der Waals surface area contributed by atoms with Crippen LogP contribution >= 0.6 is 0 Å². The first-order valence-electron chi connectivity index (χ1n) is 9.57. The van der Waals surface area contributed by atoms with E-state index in [4.69, 9.17) is 4.74 Å². The number of nitrogens with one attached hydrogen (secondary N) is 1. The number of unbranched alkanes of at least 4 members (excludes halogenated alkanes) is 4. The lowest BCUT2D eigenvalue weighted by atomic mass is 10.1. The number of likely N-dealkylation sites (tertiary alicyclic amines) is 1. The first-order valence-corrected chi connectivity index (χ1v) is 9.57. The van der Waals surface area contributed by atoms with Crippen LogP contribution in [0.2, 0.25) is 0 Å².